The lowest BCUT2D eigenvalue weighted by Gasteiger charge is -2.33. The number of nitrogens with one attached hydrogen (secondary N) is 1. The van der Waals surface area contributed by atoms with E-state index >= 15 is 0 Å². The minimum absolute atomic E-state index is 0.246. The highest BCUT2D eigenvalue weighted by atomic mass is 19.1. The van der Waals surface area contributed by atoms with Crippen LogP contribution in [0, 0.1) is 5.82 Å². The normalized spacial score (nSPS) is 21.4. The lowest BCUT2D eigenvalue weighted by molar-refractivity contribution is 0.150. The summed E-state index contributed by atoms with van der Waals surface area (Å²) in [5.74, 6) is -0.268. The smallest absolute Gasteiger partial charge is 0.141 e. The molecule has 2 heterocycles. The molecule has 0 bridgehead atoms. The molecule has 0 amide bonds. The molecule has 0 spiro atoms. The molecular weight excluding hydrogens is 229 g/mol. The van der Waals surface area contributed by atoms with Gasteiger partial charge in [-0.15, -0.1) is 0 Å². The van der Waals surface area contributed by atoms with Crippen LogP contribution in [0.4, 0.5) is 4.39 Å². The highest BCUT2D eigenvalue weighted by Crippen LogP contribution is 2.23. The lowest BCUT2D eigenvalue weighted by atomic mass is 10.1. The van der Waals surface area contributed by atoms with Gasteiger partial charge in [0.1, 0.15) is 5.82 Å². The fourth-order valence-corrected chi connectivity index (χ4v) is 2.68. The molecule has 1 aliphatic heterocycles. The Labute approximate surface area is 108 Å². The van der Waals surface area contributed by atoms with Gasteiger partial charge in [-0.1, -0.05) is 6.92 Å². The fraction of sp³-hybridized carbons (Fsp3) is 0.643. The Kier molecular flexibility index (Phi) is 4.66. The first-order valence-corrected chi connectivity index (χ1v) is 6.80. The zero-order valence-corrected chi connectivity index (χ0v) is 11.2. The number of pyridine rings is 1. The summed E-state index contributed by atoms with van der Waals surface area (Å²) in [6.45, 7) is 7.56. The summed E-state index contributed by atoms with van der Waals surface area (Å²) in [6.07, 6.45) is 3.62. The van der Waals surface area contributed by atoms with Crippen molar-refractivity contribution in [2.75, 3.05) is 19.6 Å². The van der Waals surface area contributed by atoms with Crippen molar-refractivity contribution in [1.29, 1.82) is 0 Å². The molecule has 4 heteroatoms. The van der Waals surface area contributed by atoms with E-state index < -0.39 is 0 Å². The molecule has 1 N–H and O–H groups in total. The Bertz CT molecular complexity index is 360. The average molecular weight is 251 g/mol. The van der Waals surface area contributed by atoms with Gasteiger partial charge in [-0.25, -0.2) is 4.39 Å². The first-order valence-electron chi connectivity index (χ1n) is 6.80. The largest absolute Gasteiger partial charge is 0.315 e. The van der Waals surface area contributed by atoms with Crippen molar-refractivity contribution in [2.45, 2.75) is 38.8 Å². The molecule has 0 radical (unpaired) electrons. The Morgan fingerprint density at radius 2 is 2.39 bits per heavy atom. The van der Waals surface area contributed by atoms with Gasteiger partial charge < -0.3 is 5.32 Å². The average Bonchev–Trinajstić information content (AvgIpc) is 2.90. The standard InChI is InChI=1S/C14H22FN3/c1-3-8-18(13-6-7-16-10-13)11(2)14-5-4-12(15)9-17-14/h4-5,9,11,13,16H,3,6-8,10H2,1-2H3. The summed E-state index contributed by atoms with van der Waals surface area (Å²) in [5.41, 5.74) is 0.955. The molecule has 1 aromatic heterocycles. The number of aromatic nitrogens is 1. The third kappa shape index (κ3) is 3.06. The van der Waals surface area contributed by atoms with Gasteiger partial charge in [0.15, 0.2) is 0 Å². The molecule has 3 nitrogen and oxygen atoms in total. The van der Waals surface area contributed by atoms with Crippen LogP contribution in [-0.4, -0.2) is 35.6 Å². The van der Waals surface area contributed by atoms with Crippen molar-refractivity contribution in [3.63, 3.8) is 0 Å². The SMILES string of the molecule is CCCN(C1CCNC1)C(C)c1ccc(F)cn1. The Hall–Kier alpha value is -1.00. The van der Waals surface area contributed by atoms with Crippen molar-refractivity contribution in [2.24, 2.45) is 0 Å². The third-order valence-electron chi connectivity index (χ3n) is 3.66. The quantitative estimate of drug-likeness (QED) is 0.870. The van der Waals surface area contributed by atoms with Gasteiger partial charge >= 0.3 is 0 Å². The van der Waals surface area contributed by atoms with Crippen molar-refractivity contribution in [3.8, 4) is 0 Å². The van der Waals surface area contributed by atoms with Crippen LogP contribution in [0.1, 0.15) is 38.4 Å². The van der Waals surface area contributed by atoms with Crippen LogP contribution in [0.25, 0.3) is 0 Å². The van der Waals surface area contributed by atoms with Gasteiger partial charge in [-0.3, -0.25) is 9.88 Å². The van der Waals surface area contributed by atoms with Crippen LogP contribution in [0.2, 0.25) is 0 Å². The van der Waals surface area contributed by atoms with Crippen molar-refractivity contribution < 1.29 is 4.39 Å². The van der Waals surface area contributed by atoms with Crippen LogP contribution in [0.5, 0.6) is 0 Å². The van der Waals surface area contributed by atoms with Crippen LogP contribution < -0.4 is 5.32 Å². The Morgan fingerprint density at radius 3 is 2.94 bits per heavy atom. The van der Waals surface area contributed by atoms with Gasteiger partial charge in [0.05, 0.1) is 11.9 Å². The maximum Gasteiger partial charge on any atom is 0.141 e. The fourth-order valence-electron chi connectivity index (χ4n) is 2.68. The first-order chi connectivity index (χ1) is 8.72. The molecule has 2 atom stereocenters. The van der Waals surface area contributed by atoms with E-state index in [4.69, 9.17) is 0 Å². The predicted molar refractivity (Wildman–Crippen MR) is 70.9 cm³/mol. The number of halogens is 1. The van der Waals surface area contributed by atoms with Crippen molar-refractivity contribution >= 4 is 0 Å². The van der Waals surface area contributed by atoms with E-state index in [0.717, 1.165) is 31.7 Å². The zero-order chi connectivity index (χ0) is 13.0. The molecule has 1 aliphatic rings. The summed E-state index contributed by atoms with van der Waals surface area (Å²) < 4.78 is 12.9. The summed E-state index contributed by atoms with van der Waals surface area (Å²) >= 11 is 0. The molecule has 1 fully saturated rings. The Balaban J connectivity index is 2.11. The highest BCUT2D eigenvalue weighted by Gasteiger charge is 2.26. The van der Waals surface area contributed by atoms with Gasteiger partial charge in [-0.2, -0.15) is 0 Å². The topological polar surface area (TPSA) is 28.2 Å². The summed E-state index contributed by atoms with van der Waals surface area (Å²) in [7, 11) is 0. The number of nitrogens with zero attached hydrogens (tertiary/aromatic N) is 2. The molecule has 2 unspecified atom stereocenters. The van der Waals surface area contributed by atoms with E-state index in [1.54, 1.807) is 6.07 Å². The lowest BCUT2D eigenvalue weighted by Crippen LogP contribution is -2.39. The monoisotopic (exact) mass is 251 g/mol. The number of hydrogen-bond donors (Lipinski definition) is 1. The van der Waals surface area contributed by atoms with Gasteiger partial charge in [0.25, 0.3) is 0 Å². The van der Waals surface area contributed by atoms with Crippen molar-refractivity contribution in [1.82, 2.24) is 15.2 Å². The minimum atomic E-state index is -0.268. The van der Waals surface area contributed by atoms with E-state index in [0.29, 0.717) is 6.04 Å². The van der Waals surface area contributed by atoms with Crippen LogP contribution in [0.15, 0.2) is 18.3 Å². The first kappa shape index (κ1) is 13.4. The van der Waals surface area contributed by atoms with Gasteiger partial charge in [0, 0.05) is 18.6 Å². The van der Waals surface area contributed by atoms with E-state index in [9.17, 15) is 4.39 Å². The number of hydrogen-bond acceptors (Lipinski definition) is 3. The molecule has 1 aromatic rings. The maximum atomic E-state index is 12.9. The molecule has 18 heavy (non-hydrogen) atoms. The Morgan fingerprint density at radius 1 is 1.56 bits per heavy atom. The van der Waals surface area contributed by atoms with E-state index in [1.165, 1.54) is 18.7 Å². The predicted octanol–water partition coefficient (Wildman–Crippen LogP) is 2.36. The van der Waals surface area contributed by atoms with Crippen molar-refractivity contribution in [3.05, 3.63) is 29.8 Å². The second-order valence-electron chi connectivity index (χ2n) is 4.96. The summed E-state index contributed by atoms with van der Waals surface area (Å²) in [6, 6.07) is 4.11. The summed E-state index contributed by atoms with van der Waals surface area (Å²) in [5, 5.41) is 3.40. The molecule has 0 saturated carbocycles. The molecular formula is C14H22FN3. The second-order valence-corrected chi connectivity index (χ2v) is 4.96. The third-order valence-corrected chi connectivity index (χ3v) is 3.66. The van der Waals surface area contributed by atoms with E-state index in [-0.39, 0.29) is 11.9 Å². The van der Waals surface area contributed by atoms with E-state index in [1.807, 2.05) is 0 Å². The summed E-state index contributed by atoms with van der Waals surface area (Å²) in [4.78, 5) is 6.70. The molecule has 0 aromatic carbocycles. The van der Waals surface area contributed by atoms with Gasteiger partial charge in [0.2, 0.25) is 0 Å². The van der Waals surface area contributed by atoms with E-state index in [2.05, 4.69) is 29.0 Å². The highest BCUT2D eigenvalue weighted by molar-refractivity contribution is 5.10. The number of rotatable bonds is 5. The zero-order valence-electron chi connectivity index (χ0n) is 11.2. The molecule has 1 saturated heterocycles. The minimum Gasteiger partial charge on any atom is -0.315 e. The molecule has 2 rings (SSSR count). The molecule has 100 valence electrons. The van der Waals surface area contributed by atoms with Crippen LogP contribution in [0.3, 0.4) is 0 Å². The second kappa shape index (κ2) is 6.25. The van der Waals surface area contributed by atoms with Crippen LogP contribution in [-0.2, 0) is 0 Å². The van der Waals surface area contributed by atoms with Crippen LogP contribution >= 0.6 is 0 Å². The van der Waals surface area contributed by atoms with Gasteiger partial charge in [-0.05, 0) is 45.0 Å². The maximum absolute atomic E-state index is 12.9. The molecule has 0 aliphatic carbocycles.